The van der Waals surface area contributed by atoms with Crippen LogP contribution in [-0.2, 0) is 9.84 Å². The number of likely N-dealkylation sites (tertiary alicyclic amines) is 1. The largest absolute Gasteiger partial charge is 0.497 e. The summed E-state index contributed by atoms with van der Waals surface area (Å²) in [6, 6.07) is 14.5. The zero-order chi connectivity index (χ0) is 20.6. The van der Waals surface area contributed by atoms with E-state index in [-0.39, 0.29) is 17.0 Å². The predicted molar refractivity (Wildman–Crippen MR) is 107 cm³/mol. The van der Waals surface area contributed by atoms with E-state index in [4.69, 9.17) is 4.74 Å². The average Bonchev–Trinajstić information content (AvgIpc) is 3.49. The maximum absolute atomic E-state index is 12.7. The molecule has 2 aromatic carbocycles. The fourth-order valence-electron chi connectivity index (χ4n) is 4.09. The van der Waals surface area contributed by atoms with Crippen molar-refractivity contribution in [2.45, 2.75) is 48.0 Å². The molecule has 1 saturated heterocycles. The van der Waals surface area contributed by atoms with Crippen molar-refractivity contribution in [3.8, 4) is 5.75 Å². The van der Waals surface area contributed by atoms with Crippen LogP contribution in [-0.4, -0.2) is 44.8 Å². The third-order valence-corrected chi connectivity index (χ3v) is 7.06. The van der Waals surface area contributed by atoms with Gasteiger partial charge in [0.15, 0.2) is 0 Å². The van der Waals surface area contributed by atoms with Gasteiger partial charge in [-0.1, -0.05) is 12.1 Å². The first-order valence-electron chi connectivity index (χ1n) is 9.68. The Morgan fingerprint density at radius 2 is 1.83 bits per heavy atom. The highest BCUT2D eigenvalue weighted by molar-refractivity contribution is 7.91. The van der Waals surface area contributed by atoms with Crippen LogP contribution in [0.4, 0.5) is 14.5 Å². The molecule has 2 unspecified atom stereocenters. The van der Waals surface area contributed by atoms with Crippen molar-refractivity contribution in [1.29, 1.82) is 0 Å². The van der Waals surface area contributed by atoms with E-state index in [0.717, 1.165) is 18.7 Å². The van der Waals surface area contributed by atoms with Crippen LogP contribution in [0, 0.1) is 0 Å². The summed E-state index contributed by atoms with van der Waals surface area (Å²) >= 11 is 0. The normalized spacial score (nSPS) is 22.8. The van der Waals surface area contributed by atoms with Crippen molar-refractivity contribution < 1.29 is 21.9 Å². The van der Waals surface area contributed by atoms with E-state index >= 15 is 0 Å². The SMILES string of the molecule is COc1cccc(C2C(Nc3ccc(S(=O)(=O)C(F)F)cc3)CCN2C2CC2)c1. The highest BCUT2D eigenvalue weighted by atomic mass is 32.2. The number of hydrogen-bond donors (Lipinski definition) is 1. The zero-order valence-corrected chi connectivity index (χ0v) is 16.9. The highest BCUT2D eigenvalue weighted by Crippen LogP contribution is 2.42. The summed E-state index contributed by atoms with van der Waals surface area (Å²) in [5.74, 6) is -2.61. The smallest absolute Gasteiger partial charge is 0.341 e. The molecule has 2 fully saturated rings. The maximum Gasteiger partial charge on any atom is 0.341 e. The second-order valence-electron chi connectivity index (χ2n) is 7.56. The Kier molecular flexibility index (Phi) is 5.48. The molecule has 2 aliphatic rings. The van der Waals surface area contributed by atoms with Gasteiger partial charge in [-0.25, -0.2) is 8.42 Å². The zero-order valence-electron chi connectivity index (χ0n) is 16.1. The molecule has 156 valence electrons. The molecule has 1 aliphatic heterocycles. The van der Waals surface area contributed by atoms with Crippen LogP contribution >= 0.6 is 0 Å². The van der Waals surface area contributed by atoms with Gasteiger partial charge in [-0.2, -0.15) is 8.78 Å². The quantitative estimate of drug-likeness (QED) is 0.729. The van der Waals surface area contributed by atoms with Gasteiger partial charge in [0.05, 0.1) is 18.0 Å². The summed E-state index contributed by atoms with van der Waals surface area (Å²) in [6.45, 7) is 0.974. The van der Waals surface area contributed by atoms with Gasteiger partial charge >= 0.3 is 5.76 Å². The number of nitrogens with one attached hydrogen (secondary N) is 1. The van der Waals surface area contributed by atoms with Gasteiger partial charge in [0, 0.05) is 24.3 Å². The van der Waals surface area contributed by atoms with Crippen molar-refractivity contribution in [2.75, 3.05) is 19.0 Å². The van der Waals surface area contributed by atoms with E-state index in [9.17, 15) is 17.2 Å². The lowest BCUT2D eigenvalue weighted by Gasteiger charge is -2.30. The first kappa shape index (κ1) is 20.1. The Bertz CT molecular complexity index is 962. The second-order valence-corrected chi connectivity index (χ2v) is 9.48. The van der Waals surface area contributed by atoms with Crippen molar-refractivity contribution in [2.24, 2.45) is 0 Å². The fraction of sp³-hybridized carbons (Fsp3) is 0.429. The van der Waals surface area contributed by atoms with Crippen LogP contribution in [0.3, 0.4) is 0 Å². The lowest BCUT2D eigenvalue weighted by atomic mass is 9.99. The minimum absolute atomic E-state index is 0.125. The maximum atomic E-state index is 12.7. The van der Waals surface area contributed by atoms with Gasteiger partial charge in [0.1, 0.15) is 5.75 Å². The first-order valence-corrected chi connectivity index (χ1v) is 11.2. The first-order chi connectivity index (χ1) is 13.9. The summed E-state index contributed by atoms with van der Waals surface area (Å²) in [5.41, 5.74) is 1.89. The van der Waals surface area contributed by atoms with Crippen LogP contribution in [0.25, 0.3) is 0 Å². The molecule has 2 atom stereocenters. The third kappa shape index (κ3) is 4.09. The Labute approximate surface area is 169 Å². The topological polar surface area (TPSA) is 58.6 Å². The van der Waals surface area contributed by atoms with Crippen LogP contribution in [0.15, 0.2) is 53.4 Å². The van der Waals surface area contributed by atoms with E-state index in [1.165, 1.54) is 30.5 Å². The summed E-state index contributed by atoms with van der Waals surface area (Å²) < 4.78 is 54.1. The summed E-state index contributed by atoms with van der Waals surface area (Å²) in [6.07, 6.45) is 3.34. The minimum Gasteiger partial charge on any atom is -0.497 e. The van der Waals surface area contributed by atoms with E-state index < -0.39 is 15.6 Å². The van der Waals surface area contributed by atoms with Crippen molar-refractivity contribution >= 4 is 15.5 Å². The highest BCUT2D eigenvalue weighted by Gasteiger charge is 2.42. The molecule has 1 aliphatic carbocycles. The van der Waals surface area contributed by atoms with Gasteiger partial charge in [0.25, 0.3) is 0 Å². The lowest BCUT2D eigenvalue weighted by Crippen LogP contribution is -2.32. The number of sulfone groups is 1. The number of benzene rings is 2. The second kappa shape index (κ2) is 7.91. The Balaban J connectivity index is 1.56. The van der Waals surface area contributed by atoms with Gasteiger partial charge in [0.2, 0.25) is 9.84 Å². The average molecular weight is 422 g/mol. The Hall–Kier alpha value is -2.19. The van der Waals surface area contributed by atoms with Gasteiger partial charge in [-0.15, -0.1) is 0 Å². The molecular formula is C21H24F2N2O3S. The number of rotatable bonds is 7. The Morgan fingerprint density at radius 3 is 2.45 bits per heavy atom. The molecule has 0 amide bonds. The van der Waals surface area contributed by atoms with Gasteiger partial charge < -0.3 is 10.1 Å². The lowest BCUT2D eigenvalue weighted by molar-refractivity contribution is 0.234. The van der Waals surface area contributed by atoms with E-state index in [1.54, 1.807) is 19.2 Å². The molecule has 0 radical (unpaired) electrons. The number of halogens is 2. The standard InChI is InChI=1S/C21H24F2N2O3S/c1-28-17-4-2-3-14(13-17)20-19(11-12-25(20)16-7-8-16)24-15-5-9-18(10-6-15)29(26,27)21(22)23/h2-6,9-10,13,16,19-21,24H,7-8,11-12H2,1H3. The van der Waals surface area contributed by atoms with Crippen molar-refractivity contribution in [1.82, 2.24) is 4.90 Å². The van der Waals surface area contributed by atoms with Crippen LogP contribution < -0.4 is 10.1 Å². The molecular weight excluding hydrogens is 398 g/mol. The van der Waals surface area contributed by atoms with E-state index in [2.05, 4.69) is 22.3 Å². The molecule has 0 bridgehead atoms. The summed E-state index contributed by atoms with van der Waals surface area (Å²) in [4.78, 5) is 2.15. The molecule has 1 heterocycles. The summed E-state index contributed by atoms with van der Waals surface area (Å²) in [7, 11) is -2.93. The predicted octanol–water partition coefficient (Wildman–Crippen LogP) is 4.08. The molecule has 0 spiro atoms. The number of alkyl halides is 2. The third-order valence-electron chi connectivity index (χ3n) is 5.66. The minimum atomic E-state index is -4.58. The number of ether oxygens (including phenoxy) is 1. The number of nitrogens with zero attached hydrogens (tertiary/aromatic N) is 1. The van der Waals surface area contributed by atoms with Crippen LogP contribution in [0.5, 0.6) is 5.75 Å². The molecule has 29 heavy (non-hydrogen) atoms. The Morgan fingerprint density at radius 1 is 1.10 bits per heavy atom. The molecule has 1 saturated carbocycles. The molecule has 0 aromatic heterocycles. The number of hydrogen-bond acceptors (Lipinski definition) is 5. The van der Waals surface area contributed by atoms with Gasteiger partial charge in [-0.05, 0) is 61.2 Å². The molecule has 2 aromatic rings. The van der Waals surface area contributed by atoms with E-state index in [1.807, 2.05) is 12.1 Å². The fourth-order valence-corrected chi connectivity index (χ4v) is 4.81. The van der Waals surface area contributed by atoms with Gasteiger partial charge in [-0.3, -0.25) is 4.90 Å². The number of anilines is 1. The molecule has 8 heteroatoms. The van der Waals surface area contributed by atoms with Crippen molar-refractivity contribution in [3.05, 3.63) is 54.1 Å². The number of methoxy groups -OCH3 is 1. The monoisotopic (exact) mass is 422 g/mol. The van der Waals surface area contributed by atoms with Crippen molar-refractivity contribution in [3.63, 3.8) is 0 Å². The molecule has 5 nitrogen and oxygen atoms in total. The summed E-state index contributed by atoms with van der Waals surface area (Å²) in [5, 5.41) is 3.48. The van der Waals surface area contributed by atoms with Crippen LogP contribution in [0.1, 0.15) is 30.9 Å². The van der Waals surface area contributed by atoms with E-state index in [0.29, 0.717) is 11.7 Å². The van der Waals surface area contributed by atoms with Crippen LogP contribution in [0.2, 0.25) is 0 Å². The molecule has 4 rings (SSSR count). The molecule has 1 N–H and O–H groups in total.